The lowest BCUT2D eigenvalue weighted by molar-refractivity contribution is -0.121. The maximum Gasteiger partial charge on any atom is 0.240 e. The Labute approximate surface area is 154 Å². The Hall–Kier alpha value is -1.70. The minimum absolute atomic E-state index is 0.115. The quantitative estimate of drug-likeness (QED) is 0.545. The van der Waals surface area contributed by atoms with Crippen LogP contribution in [0.15, 0.2) is 24.3 Å². The fraction of sp³-hybridized carbons (Fsp3) is 0.556. The van der Waals surface area contributed by atoms with Gasteiger partial charge in [0.1, 0.15) is 5.75 Å². The van der Waals surface area contributed by atoms with Gasteiger partial charge in [0.25, 0.3) is 0 Å². The summed E-state index contributed by atoms with van der Waals surface area (Å²) in [5, 5.41) is 6.02. The number of amides is 1. The van der Waals surface area contributed by atoms with Crippen LogP contribution in [0.1, 0.15) is 26.2 Å². The van der Waals surface area contributed by atoms with Crippen LogP contribution in [0.4, 0.5) is 5.69 Å². The van der Waals surface area contributed by atoms with Gasteiger partial charge in [-0.2, -0.15) is 0 Å². The zero-order chi connectivity index (χ0) is 17.9. The van der Waals surface area contributed by atoms with Gasteiger partial charge in [-0.05, 0) is 42.9 Å². The van der Waals surface area contributed by atoms with Gasteiger partial charge in [-0.15, -0.1) is 0 Å². The molecule has 1 aromatic carbocycles. The maximum atomic E-state index is 12.0. The number of anilines is 1. The smallest absolute Gasteiger partial charge is 0.240 e. The number of benzene rings is 1. The van der Waals surface area contributed by atoms with Crippen LogP contribution in [0.25, 0.3) is 0 Å². The normalized spacial score (nSPS) is 14.8. The summed E-state index contributed by atoms with van der Waals surface area (Å²) in [4.78, 5) is 14.0. The van der Waals surface area contributed by atoms with Gasteiger partial charge in [0, 0.05) is 18.8 Å². The highest BCUT2D eigenvalue weighted by atomic mass is 32.1. The summed E-state index contributed by atoms with van der Waals surface area (Å²) in [6.07, 6.45) is 3.43. The van der Waals surface area contributed by atoms with E-state index in [1.165, 1.54) is 12.8 Å². The predicted octanol–water partition coefficient (Wildman–Crippen LogP) is 2.40. The summed E-state index contributed by atoms with van der Waals surface area (Å²) in [6.45, 7) is 6.11. The van der Waals surface area contributed by atoms with Crippen molar-refractivity contribution in [2.45, 2.75) is 26.2 Å². The second kappa shape index (κ2) is 11.0. The summed E-state index contributed by atoms with van der Waals surface area (Å²) < 4.78 is 10.9. The maximum absolute atomic E-state index is 12.0. The fourth-order valence-electron chi connectivity index (χ4n) is 2.47. The molecule has 1 aliphatic heterocycles. The number of hydrogen-bond acceptors (Lipinski definition) is 5. The molecule has 0 unspecified atom stereocenters. The van der Waals surface area contributed by atoms with Gasteiger partial charge < -0.3 is 20.1 Å². The third-order valence-electron chi connectivity index (χ3n) is 3.85. The molecule has 0 saturated carbocycles. The molecule has 1 aromatic rings. The second-order valence-corrected chi connectivity index (χ2v) is 6.38. The van der Waals surface area contributed by atoms with E-state index in [1.54, 1.807) is 0 Å². The summed E-state index contributed by atoms with van der Waals surface area (Å²) in [5.74, 6) is 0.721. The van der Waals surface area contributed by atoms with Crippen LogP contribution >= 0.6 is 12.2 Å². The molecular formula is C18H27N3O3S. The van der Waals surface area contributed by atoms with Crippen molar-refractivity contribution in [1.82, 2.24) is 10.2 Å². The highest BCUT2D eigenvalue weighted by Crippen LogP contribution is 2.16. The summed E-state index contributed by atoms with van der Waals surface area (Å²) in [5.41, 5.74) is 0.817. The first-order valence-electron chi connectivity index (χ1n) is 8.81. The van der Waals surface area contributed by atoms with E-state index in [0.29, 0.717) is 24.9 Å². The van der Waals surface area contributed by atoms with Gasteiger partial charge >= 0.3 is 0 Å². The van der Waals surface area contributed by atoms with E-state index in [0.717, 1.165) is 37.6 Å². The SMILES string of the molecule is CCCCCOc1ccc(NC(=S)NC(=O)CN2CCOCC2)cc1. The van der Waals surface area contributed by atoms with Crippen LogP contribution in [-0.2, 0) is 9.53 Å². The van der Waals surface area contributed by atoms with Crippen LogP contribution in [0.3, 0.4) is 0 Å². The number of rotatable bonds is 8. The average Bonchev–Trinajstić information content (AvgIpc) is 2.61. The predicted molar refractivity (Wildman–Crippen MR) is 103 cm³/mol. The molecule has 7 heteroatoms. The topological polar surface area (TPSA) is 62.8 Å². The van der Waals surface area contributed by atoms with Crippen molar-refractivity contribution in [2.75, 3.05) is 44.8 Å². The number of nitrogens with zero attached hydrogens (tertiary/aromatic N) is 1. The molecule has 0 bridgehead atoms. The number of thiocarbonyl (C=S) groups is 1. The average molecular weight is 365 g/mol. The Kier molecular flexibility index (Phi) is 8.65. The van der Waals surface area contributed by atoms with E-state index in [1.807, 2.05) is 29.2 Å². The van der Waals surface area contributed by atoms with Gasteiger partial charge in [-0.1, -0.05) is 19.8 Å². The molecular weight excluding hydrogens is 338 g/mol. The molecule has 138 valence electrons. The molecule has 2 rings (SSSR count). The zero-order valence-electron chi connectivity index (χ0n) is 14.8. The highest BCUT2D eigenvalue weighted by Gasteiger charge is 2.14. The molecule has 1 fully saturated rings. The van der Waals surface area contributed by atoms with Crippen molar-refractivity contribution in [2.24, 2.45) is 0 Å². The molecule has 25 heavy (non-hydrogen) atoms. The molecule has 1 aliphatic rings. The van der Waals surface area contributed by atoms with Crippen molar-refractivity contribution in [1.29, 1.82) is 0 Å². The fourth-order valence-corrected chi connectivity index (χ4v) is 2.70. The Balaban J connectivity index is 1.69. The van der Waals surface area contributed by atoms with Crippen LogP contribution in [0, 0.1) is 0 Å². The number of ether oxygens (including phenoxy) is 2. The number of unbranched alkanes of at least 4 members (excludes halogenated alkanes) is 2. The molecule has 2 N–H and O–H groups in total. The summed E-state index contributed by atoms with van der Waals surface area (Å²) in [6, 6.07) is 7.56. The Morgan fingerprint density at radius 1 is 1.24 bits per heavy atom. The first-order valence-corrected chi connectivity index (χ1v) is 9.22. The second-order valence-electron chi connectivity index (χ2n) is 5.97. The van der Waals surface area contributed by atoms with Gasteiger partial charge in [0.15, 0.2) is 5.11 Å². The van der Waals surface area contributed by atoms with Gasteiger partial charge in [0.2, 0.25) is 5.91 Å². The Morgan fingerprint density at radius 3 is 2.64 bits per heavy atom. The number of hydrogen-bond donors (Lipinski definition) is 2. The minimum atomic E-state index is -0.115. The lowest BCUT2D eigenvalue weighted by atomic mass is 10.2. The molecule has 0 aliphatic carbocycles. The van der Waals surface area contributed by atoms with Crippen LogP contribution in [-0.4, -0.2) is 55.4 Å². The van der Waals surface area contributed by atoms with Crippen molar-refractivity contribution in [3.63, 3.8) is 0 Å². The number of nitrogens with one attached hydrogen (secondary N) is 2. The van der Waals surface area contributed by atoms with Crippen molar-refractivity contribution >= 4 is 28.9 Å². The Morgan fingerprint density at radius 2 is 1.96 bits per heavy atom. The number of morpholine rings is 1. The molecule has 1 heterocycles. The van der Waals surface area contributed by atoms with E-state index in [2.05, 4.69) is 17.6 Å². The molecule has 6 nitrogen and oxygen atoms in total. The van der Waals surface area contributed by atoms with Gasteiger partial charge in [-0.25, -0.2) is 0 Å². The highest BCUT2D eigenvalue weighted by molar-refractivity contribution is 7.80. The Bertz CT molecular complexity index is 545. The van der Waals surface area contributed by atoms with Crippen LogP contribution in [0.5, 0.6) is 5.75 Å². The summed E-state index contributed by atoms with van der Waals surface area (Å²) in [7, 11) is 0. The molecule has 1 saturated heterocycles. The van der Waals surface area contributed by atoms with Gasteiger partial charge in [-0.3, -0.25) is 9.69 Å². The molecule has 1 amide bonds. The van der Waals surface area contributed by atoms with E-state index in [-0.39, 0.29) is 5.91 Å². The van der Waals surface area contributed by atoms with Crippen molar-refractivity contribution in [3.05, 3.63) is 24.3 Å². The third-order valence-corrected chi connectivity index (χ3v) is 4.06. The van der Waals surface area contributed by atoms with E-state index >= 15 is 0 Å². The molecule has 0 atom stereocenters. The van der Waals surface area contributed by atoms with Crippen LogP contribution < -0.4 is 15.4 Å². The lowest BCUT2D eigenvalue weighted by Crippen LogP contribution is -2.45. The standard InChI is InChI=1S/C18H27N3O3S/c1-2-3-4-11-24-16-7-5-15(6-8-16)19-18(25)20-17(22)14-21-9-12-23-13-10-21/h5-8H,2-4,9-14H2,1H3,(H2,19,20,22,25). The third kappa shape index (κ3) is 7.81. The van der Waals surface area contributed by atoms with E-state index in [4.69, 9.17) is 21.7 Å². The monoisotopic (exact) mass is 365 g/mol. The zero-order valence-corrected chi connectivity index (χ0v) is 15.6. The first kappa shape index (κ1) is 19.6. The van der Waals surface area contributed by atoms with E-state index in [9.17, 15) is 4.79 Å². The first-order chi connectivity index (χ1) is 12.2. The van der Waals surface area contributed by atoms with Crippen molar-refractivity contribution < 1.29 is 14.3 Å². The molecule has 0 radical (unpaired) electrons. The van der Waals surface area contributed by atoms with Crippen LogP contribution in [0.2, 0.25) is 0 Å². The number of carbonyl (C=O) groups is 1. The van der Waals surface area contributed by atoms with E-state index < -0.39 is 0 Å². The molecule has 0 aromatic heterocycles. The molecule has 0 spiro atoms. The lowest BCUT2D eigenvalue weighted by Gasteiger charge is -2.25. The summed E-state index contributed by atoms with van der Waals surface area (Å²) >= 11 is 5.19. The minimum Gasteiger partial charge on any atom is -0.494 e. The number of carbonyl (C=O) groups excluding carboxylic acids is 1. The van der Waals surface area contributed by atoms with Crippen molar-refractivity contribution in [3.8, 4) is 5.75 Å². The van der Waals surface area contributed by atoms with Gasteiger partial charge in [0.05, 0.1) is 26.4 Å². The largest absolute Gasteiger partial charge is 0.494 e.